The van der Waals surface area contributed by atoms with E-state index < -0.39 is 6.04 Å². The Labute approximate surface area is 168 Å². The third kappa shape index (κ3) is 3.83. The van der Waals surface area contributed by atoms with E-state index >= 15 is 0 Å². The summed E-state index contributed by atoms with van der Waals surface area (Å²) < 4.78 is 13.0. The lowest BCUT2D eigenvalue weighted by molar-refractivity contribution is -0.126. The van der Waals surface area contributed by atoms with Crippen LogP contribution in [0, 0.1) is 5.82 Å². The summed E-state index contributed by atoms with van der Waals surface area (Å²) in [7, 11) is 0. The summed E-state index contributed by atoms with van der Waals surface area (Å²) in [4.78, 5) is 38.9. The number of nitrogens with zero attached hydrogens (tertiary/aromatic N) is 1. The average molecular weight is 392 g/mol. The number of benzene rings is 2. The van der Waals surface area contributed by atoms with Crippen LogP contribution in [-0.4, -0.2) is 28.5 Å². The van der Waals surface area contributed by atoms with Crippen molar-refractivity contribution in [2.24, 2.45) is 0 Å². The fraction of sp³-hybridized carbons (Fsp3) is 0.261. The standard InChI is InChI=1S/C23H21FN2O3/c1-14-2-10-20(22(28)25-14)26-13-17-12-15(3-9-19(17)23(26)29)4-11-21(27)16-5-7-18(24)8-6-16/h3,5-9,12,20H,1-2,4,10-11,13H2,(H,25,28). The van der Waals surface area contributed by atoms with E-state index in [9.17, 15) is 18.8 Å². The molecule has 4 rings (SSSR count). The number of allylic oxidation sites excluding steroid dienone is 1. The molecule has 5 nitrogen and oxygen atoms in total. The van der Waals surface area contributed by atoms with E-state index in [1.54, 1.807) is 11.0 Å². The zero-order valence-electron chi connectivity index (χ0n) is 15.9. The Morgan fingerprint density at radius 2 is 1.93 bits per heavy atom. The van der Waals surface area contributed by atoms with Crippen LogP contribution in [-0.2, 0) is 17.8 Å². The molecule has 0 radical (unpaired) electrons. The van der Waals surface area contributed by atoms with Crippen molar-refractivity contribution in [3.05, 3.63) is 82.8 Å². The second-order valence-corrected chi connectivity index (χ2v) is 7.50. The largest absolute Gasteiger partial charge is 0.329 e. The third-order valence-electron chi connectivity index (χ3n) is 5.51. The molecule has 0 saturated carbocycles. The van der Waals surface area contributed by atoms with Crippen LogP contribution in [0.4, 0.5) is 4.39 Å². The smallest absolute Gasteiger partial charge is 0.255 e. The molecule has 1 fully saturated rings. The molecule has 0 spiro atoms. The number of hydrogen-bond acceptors (Lipinski definition) is 3. The van der Waals surface area contributed by atoms with Gasteiger partial charge in [-0.2, -0.15) is 0 Å². The number of carbonyl (C=O) groups excluding carboxylic acids is 3. The fourth-order valence-electron chi connectivity index (χ4n) is 3.90. The van der Waals surface area contributed by atoms with Gasteiger partial charge in [0.2, 0.25) is 5.91 Å². The van der Waals surface area contributed by atoms with E-state index in [0.29, 0.717) is 49.1 Å². The molecule has 0 aromatic heterocycles. The van der Waals surface area contributed by atoms with Gasteiger partial charge in [0.25, 0.3) is 5.91 Å². The van der Waals surface area contributed by atoms with Crippen LogP contribution in [0.1, 0.15) is 51.1 Å². The molecule has 148 valence electrons. The second kappa shape index (κ2) is 7.62. The molecule has 2 heterocycles. The van der Waals surface area contributed by atoms with Crippen LogP contribution in [0.2, 0.25) is 0 Å². The summed E-state index contributed by atoms with van der Waals surface area (Å²) in [5.41, 5.74) is 3.60. The molecule has 29 heavy (non-hydrogen) atoms. The summed E-state index contributed by atoms with van der Waals surface area (Å²) in [5, 5.41) is 2.73. The number of piperidine rings is 1. The number of Topliss-reactive ketones (excluding diaryl/α,β-unsaturated/α-hetero) is 1. The molecule has 2 aromatic carbocycles. The lowest BCUT2D eigenvalue weighted by Crippen LogP contribution is -2.49. The van der Waals surface area contributed by atoms with Gasteiger partial charge < -0.3 is 10.2 Å². The van der Waals surface area contributed by atoms with Crippen molar-refractivity contribution >= 4 is 17.6 Å². The van der Waals surface area contributed by atoms with Gasteiger partial charge in [0.15, 0.2) is 5.78 Å². The Morgan fingerprint density at radius 1 is 1.17 bits per heavy atom. The summed E-state index contributed by atoms with van der Waals surface area (Å²) in [6, 6.07) is 10.6. The van der Waals surface area contributed by atoms with Gasteiger partial charge in [-0.1, -0.05) is 18.7 Å². The highest BCUT2D eigenvalue weighted by Crippen LogP contribution is 2.29. The van der Waals surface area contributed by atoms with Crippen LogP contribution in [0.3, 0.4) is 0 Å². The lowest BCUT2D eigenvalue weighted by Gasteiger charge is -2.30. The molecule has 0 bridgehead atoms. The Hall–Kier alpha value is -3.28. The van der Waals surface area contributed by atoms with Crippen LogP contribution in [0.25, 0.3) is 0 Å². The fourth-order valence-corrected chi connectivity index (χ4v) is 3.90. The number of rotatable bonds is 5. The summed E-state index contributed by atoms with van der Waals surface area (Å²) in [5.74, 6) is -0.748. The van der Waals surface area contributed by atoms with Gasteiger partial charge in [-0.3, -0.25) is 14.4 Å². The van der Waals surface area contributed by atoms with Gasteiger partial charge in [0.05, 0.1) is 0 Å². The number of nitrogens with one attached hydrogen (secondary N) is 1. The number of amides is 2. The Kier molecular flexibility index (Phi) is 5.01. The lowest BCUT2D eigenvalue weighted by atomic mass is 10.00. The zero-order valence-corrected chi connectivity index (χ0v) is 15.9. The van der Waals surface area contributed by atoms with Gasteiger partial charge in [0, 0.05) is 29.8 Å². The predicted octanol–water partition coefficient (Wildman–Crippen LogP) is 3.39. The highest BCUT2D eigenvalue weighted by molar-refractivity contribution is 6.01. The second-order valence-electron chi connectivity index (χ2n) is 7.50. The number of hydrogen-bond donors (Lipinski definition) is 1. The predicted molar refractivity (Wildman–Crippen MR) is 106 cm³/mol. The minimum absolute atomic E-state index is 0.0534. The van der Waals surface area contributed by atoms with Crippen molar-refractivity contribution in [1.29, 1.82) is 0 Å². The molecule has 1 N–H and O–H groups in total. The topological polar surface area (TPSA) is 66.5 Å². The molecule has 0 aliphatic carbocycles. The summed E-state index contributed by atoms with van der Waals surface area (Å²) in [6.45, 7) is 4.16. The maximum absolute atomic E-state index is 13.0. The average Bonchev–Trinajstić information content (AvgIpc) is 3.02. The summed E-state index contributed by atoms with van der Waals surface area (Å²) >= 11 is 0. The third-order valence-corrected chi connectivity index (χ3v) is 5.51. The van der Waals surface area contributed by atoms with Crippen LogP contribution >= 0.6 is 0 Å². The highest BCUT2D eigenvalue weighted by Gasteiger charge is 2.38. The van der Waals surface area contributed by atoms with E-state index in [-0.39, 0.29) is 23.4 Å². The number of halogens is 1. The SMILES string of the molecule is C=C1CCC(N2Cc3cc(CCC(=O)c4ccc(F)cc4)ccc3C2=O)C(=O)N1. The molecule has 2 aromatic rings. The van der Waals surface area contributed by atoms with Crippen molar-refractivity contribution in [3.8, 4) is 0 Å². The van der Waals surface area contributed by atoms with Crippen molar-refractivity contribution in [2.75, 3.05) is 0 Å². The Balaban J connectivity index is 1.43. The zero-order chi connectivity index (χ0) is 20.5. The van der Waals surface area contributed by atoms with Crippen LogP contribution < -0.4 is 5.32 Å². The van der Waals surface area contributed by atoms with Crippen LogP contribution in [0.15, 0.2) is 54.7 Å². The molecule has 2 aliphatic rings. The molecule has 2 amide bonds. The van der Waals surface area contributed by atoms with Crippen molar-refractivity contribution in [1.82, 2.24) is 10.2 Å². The first-order valence-electron chi connectivity index (χ1n) is 9.62. The van der Waals surface area contributed by atoms with E-state index in [0.717, 1.165) is 11.1 Å². The normalized spacial score (nSPS) is 18.6. The van der Waals surface area contributed by atoms with Gasteiger partial charge in [-0.25, -0.2) is 4.39 Å². The Bertz CT molecular complexity index is 1010. The quantitative estimate of drug-likeness (QED) is 0.794. The Morgan fingerprint density at radius 3 is 2.66 bits per heavy atom. The van der Waals surface area contributed by atoms with Crippen LogP contribution in [0.5, 0.6) is 0 Å². The maximum Gasteiger partial charge on any atom is 0.255 e. The first-order valence-corrected chi connectivity index (χ1v) is 9.62. The van der Waals surface area contributed by atoms with Gasteiger partial charge >= 0.3 is 0 Å². The number of carbonyl (C=O) groups is 3. The molecular formula is C23H21FN2O3. The molecule has 2 aliphatic heterocycles. The van der Waals surface area contributed by atoms with Gasteiger partial charge in [0.1, 0.15) is 11.9 Å². The number of fused-ring (bicyclic) bond motifs is 1. The number of ketones is 1. The monoisotopic (exact) mass is 392 g/mol. The van der Waals surface area contributed by atoms with E-state index in [4.69, 9.17) is 0 Å². The summed E-state index contributed by atoms with van der Waals surface area (Å²) in [6.07, 6.45) is 2.06. The van der Waals surface area contributed by atoms with E-state index in [2.05, 4.69) is 11.9 Å². The van der Waals surface area contributed by atoms with E-state index in [1.807, 2.05) is 12.1 Å². The first-order chi connectivity index (χ1) is 13.9. The van der Waals surface area contributed by atoms with E-state index in [1.165, 1.54) is 24.3 Å². The minimum atomic E-state index is -0.482. The maximum atomic E-state index is 13.0. The molecular weight excluding hydrogens is 371 g/mol. The molecule has 1 saturated heterocycles. The first kappa shape index (κ1) is 19.1. The van der Waals surface area contributed by atoms with Gasteiger partial charge in [-0.15, -0.1) is 0 Å². The molecule has 1 unspecified atom stereocenters. The van der Waals surface area contributed by atoms with Gasteiger partial charge in [-0.05, 0) is 60.7 Å². The van der Waals surface area contributed by atoms with Crippen molar-refractivity contribution in [2.45, 2.75) is 38.3 Å². The molecule has 1 atom stereocenters. The highest BCUT2D eigenvalue weighted by atomic mass is 19.1. The minimum Gasteiger partial charge on any atom is -0.329 e. The molecule has 6 heteroatoms. The van der Waals surface area contributed by atoms with Crippen molar-refractivity contribution in [3.63, 3.8) is 0 Å². The number of aryl methyl sites for hydroxylation is 1. The van der Waals surface area contributed by atoms with Crippen molar-refractivity contribution < 1.29 is 18.8 Å².